The fraction of sp³-hybridized carbons (Fsp3) is 0.421. The third-order valence-electron chi connectivity index (χ3n) is 4.52. The van der Waals surface area contributed by atoms with Gasteiger partial charge >= 0.3 is 0 Å². The predicted molar refractivity (Wildman–Crippen MR) is 94.0 cm³/mol. The summed E-state index contributed by atoms with van der Waals surface area (Å²) in [6, 6.07) is 7.23. The number of piperidine rings is 1. The average Bonchev–Trinajstić information content (AvgIpc) is 3.16. The molecule has 1 saturated heterocycles. The summed E-state index contributed by atoms with van der Waals surface area (Å²) >= 11 is 0. The number of aryl methyl sites for hydroxylation is 1. The number of aromatic nitrogens is 1. The minimum Gasteiger partial charge on any atom is -0.463 e. The molecular formula is C19H23N3O3. The van der Waals surface area contributed by atoms with Crippen molar-refractivity contribution in [3.05, 3.63) is 41.8 Å². The van der Waals surface area contributed by atoms with Gasteiger partial charge in [-0.05, 0) is 51.0 Å². The van der Waals surface area contributed by atoms with Gasteiger partial charge in [-0.15, -0.1) is 0 Å². The average molecular weight is 341 g/mol. The lowest BCUT2D eigenvalue weighted by atomic mass is 9.96. The highest BCUT2D eigenvalue weighted by Crippen LogP contribution is 2.22. The number of carbonyl (C=O) groups is 2. The van der Waals surface area contributed by atoms with Crippen molar-refractivity contribution >= 4 is 11.8 Å². The van der Waals surface area contributed by atoms with Crippen molar-refractivity contribution in [2.45, 2.75) is 26.7 Å². The summed E-state index contributed by atoms with van der Waals surface area (Å²) in [5.41, 5.74) is 1.95. The maximum absolute atomic E-state index is 12.9. The summed E-state index contributed by atoms with van der Waals surface area (Å²) in [6.07, 6.45) is 3.26. The first-order chi connectivity index (χ1) is 12.1. The number of carbonyl (C=O) groups excluding carboxylic acids is 2. The maximum Gasteiger partial charge on any atom is 0.255 e. The third kappa shape index (κ3) is 3.73. The second kappa shape index (κ2) is 7.51. The molecule has 0 radical (unpaired) electrons. The first-order valence-corrected chi connectivity index (χ1v) is 8.68. The van der Waals surface area contributed by atoms with Crippen molar-refractivity contribution in [1.29, 1.82) is 0 Å². The van der Waals surface area contributed by atoms with Gasteiger partial charge < -0.3 is 14.6 Å². The van der Waals surface area contributed by atoms with Gasteiger partial charge in [0, 0.05) is 19.6 Å². The van der Waals surface area contributed by atoms with Crippen LogP contribution in [0.2, 0.25) is 0 Å². The molecule has 0 unspecified atom stereocenters. The zero-order valence-corrected chi connectivity index (χ0v) is 14.6. The maximum atomic E-state index is 12.9. The molecule has 1 atom stereocenters. The molecule has 2 aromatic rings. The highest BCUT2D eigenvalue weighted by Gasteiger charge is 2.29. The lowest BCUT2D eigenvalue weighted by Crippen LogP contribution is -2.45. The third-order valence-corrected chi connectivity index (χ3v) is 4.52. The van der Waals surface area contributed by atoms with Crippen LogP contribution in [0, 0.1) is 12.8 Å². The molecule has 2 aromatic heterocycles. The molecule has 0 spiro atoms. The first kappa shape index (κ1) is 17.2. The van der Waals surface area contributed by atoms with Gasteiger partial charge in [0.05, 0.1) is 23.4 Å². The molecule has 1 N–H and O–H groups in total. The van der Waals surface area contributed by atoms with Crippen LogP contribution in [0.4, 0.5) is 0 Å². The van der Waals surface area contributed by atoms with Gasteiger partial charge in [-0.1, -0.05) is 0 Å². The van der Waals surface area contributed by atoms with E-state index in [0.29, 0.717) is 42.3 Å². The van der Waals surface area contributed by atoms with Gasteiger partial charge in [0.15, 0.2) is 5.76 Å². The molecule has 0 bridgehead atoms. The Balaban J connectivity index is 1.75. The lowest BCUT2D eigenvalue weighted by molar-refractivity contribution is -0.126. The van der Waals surface area contributed by atoms with Gasteiger partial charge in [0.1, 0.15) is 5.69 Å². The zero-order chi connectivity index (χ0) is 17.8. The Hall–Kier alpha value is -2.63. The van der Waals surface area contributed by atoms with Crippen LogP contribution < -0.4 is 5.32 Å². The van der Waals surface area contributed by atoms with Crippen molar-refractivity contribution in [2.24, 2.45) is 5.92 Å². The molecule has 3 rings (SSSR count). The second-order valence-electron chi connectivity index (χ2n) is 6.29. The van der Waals surface area contributed by atoms with E-state index in [1.54, 1.807) is 29.4 Å². The van der Waals surface area contributed by atoms with Crippen LogP contribution in [0.1, 0.15) is 35.8 Å². The molecule has 0 aromatic carbocycles. The number of nitrogens with one attached hydrogen (secondary N) is 1. The number of hydrogen-bond acceptors (Lipinski definition) is 4. The number of amides is 2. The number of rotatable bonds is 4. The lowest BCUT2D eigenvalue weighted by Gasteiger charge is -2.32. The minimum atomic E-state index is -0.131. The number of pyridine rings is 1. The molecule has 2 amide bonds. The fourth-order valence-corrected chi connectivity index (χ4v) is 3.21. The Kier molecular flexibility index (Phi) is 5.16. The Labute approximate surface area is 147 Å². The Morgan fingerprint density at radius 3 is 2.88 bits per heavy atom. The van der Waals surface area contributed by atoms with E-state index in [-0.39, 0.29) is 17.7 Å². The van der Waals surface area contributed by atoms with Gasteiger partial charge in [0.25, 0.3) is 5.91 Å². The van der Waals surface area contributed by atoms with Gasteiger partial charge in [0.2, 0.25) is 5.91 Å². The number of furan rings is 1. The number of hydrogen-bond donors (Lipinski definition) is 1. The highest BCUT2D eigenvalue weighted by atomic mass is 16.3. The summed E-state index contributed by atoms with van der Waals surface area (Å²) in [5, 5.41) is 2.85. The molecule has 1 aliphatic rings. The molecule has 1 fully saturated rings. The predicted octanol–water partition coefficient (Wildman–Crippen LogP) is 2.64. The Morgan fingerprint density at radius 1 is 1.36 bits per heavy atom. The van der Waals surface area contributed by atoms with Crippen molar-refractivity contribution in [2.75, 3.05) is 19.6 Å². The fourth-order valence-electron chi connectivity index (χ4n) is 3.21. The topological polar surface area (TPSA) is 75.4 Å². The highest BCUT2D eigenvalue weighted by molar-refractivity contribution is 5.96. The second-order valence-corrected chi connectivity index (χ2v) is 6.29. The van der Waals surface area contributed by atoms with E-state index in [1.165, 1.54) is 0 Å². The summed E-state index contributed by atoms with van der Waals surface area (Å²) in [6.45, 7) is 5.48. The normalized spacial score (nSPS) is 17.4. The SMILES string of the molecule is CCNC(=O)[C@@H]1CCCN(C(=O)c2ccc(-c3ccco3)nc2C)C1. The summed E-state index contributed by atoms with van der Waals surface area (Å²) in [5.74, 6) is 0.512. The van der Waals surface area contributed by atoms with Crippen molar-refractivity contribution in [1.82, 2.24) is 15.2 Å². The van der Waals surface area contributed by atoms with E-state index in [0.717, 1.165) is 12.8 Å². The van der Waals surface area contributed by atoms with E-state index < -0.39 is 0 Å². The molecule has 3 heterocycles. The van der Waals surface area contributed by atoms with E-state index in [1.807, 2.05) is 19.9 Å². The summed E-state index contributed by atoms with van der Waals surface area (Å²) < 4.78 is 5.35. The van der Waals surface area contributed by atoms with E-state index in [4.69, 9.17) is 4.42 Å². The Morgan fingerprint density at radius 2 is 2.20 bits per heavy atom. The quantitative estimate of drug-likeness (QED) is 0.927. The molecule has 6 heteroatoms. The molecule has 25 heavy (non-hydrogen) atoms. The van der Waals surface area contributed by atoms with Crippen LogP contribution >= 0.6 is 0 Å². The zero-order valence-electron chi connectivity index (χ0n) is 14.6. The molecule has 1 aliphatic heterocycles. The van der Waals surface area contributed by atoms with Crippen LogP contribution in [-0.4, -0.2) is 41.3 Å². The Bertz CT molecular complexity index is 755. The van der Waals surface area contributed by atoms with E-state index in [2.05, 4.69) is 10.3 Å². The van der Waals surface area contributed by atoms with Crippen LogP contribution in [0.25, 0.3) is 11.5 Å². The first-order valence-electron chi connectivity index (χ1n) is 8.68. The van der Waals surface area contributed by atoms with Crippen molar-refractivity contribution in [3.63, 3.8) is 0 Å². The monoisotopic (exact) mass is 341 g/mol. The minimum absolute atomic E-state index is 0.0306. The smallest absolute Gasteiger partial charge is 0.255 e. The van der Waals surface area contributed by atoms with Crippen LogP contribution in [0.15, 0.2) is 34.9 Å². The van der Waals surface area contributed by atoms with Gasteiger partial charge in [-0.25, -0.2) is 4.98 Å². The standard InChI is InChI=1S/C19H23N3O3/c1-3-20-18(23)14-6-4-10-22(12-14)19(24)15-8-9-16(21-13(15)2)17-7-5-11-25-17/h5,7-9,11,14H,3-4,6,10,12H2,1-2H3,(H,20,23)/t14-/m1/s1. The molecular weight excluding hydrogens is 318 g/mol. The van der Waals surface area contributed by atoms with Gasteiger partial charge in [-0.3, -0.25) is 9.59 Å². The molecule has 132 valence electrons. The van der Waals surface area contributed by atoms with Crippen LogP contribution in [0.5, 0.6) is 0 Å². The summed E-state index contributed by atoms with van der Waals surface area (Å²) in [4.78, 5) is 31.2. The van der Waals surface area contributed by atoms with E-state index in [9.17, 15) is 9.59 Å². The largest absolute Gasteiger partial charge is 0.463 e. The van der Waals surface area contributed by atoms with Crippen LogP contribution in [-0.2, 0) is 4.79 Å². The van der Waals surface area contributed by atoms with Gasteiger partial charge in [-0.2, -0.15) is 0 Å². The molecule has 0 aliphatic carbocycles. The molecule has 6 nitrogen and oxygen atoms in total. The van der Waals surface area contributed by atoms with Crippen molar-refractivity contribution < 1.29 is 14.0 Å². The van der Waals surface area contributed by atoms with Crippen LogP contribution in [0.3, 0.4) is 0 Å². The number of likely N-dealkylation sites (tertiary alicyclic amines) is 1. The van der Waals surface area contributed by atoms with E-state index >= 15 is 0 Å². The number of nitrogens with zero attached hydrogens (tertiary/aromatic N) is 2. The van der Waals surface area contributed by atoms with Crippen molar-refractivity contribution in [3.8, 4) is 11.5 Å². The summed E-state index contributed by atoms with van der Waals surface area (Å²) in [7, 11) is 0. The molecule has 0 saturated carbocycles.